The second kappa shape index (κ2) is 4.07. The second-order valence-electron chi connectivity index (χ2n) is 3.46. The van der Waals surface area contributed by atoms with E-state index in [1.807, 2.05) is 0 Å². The third-order valence-electron chi connectivity index (χ3n) is 2.70. The maximum Gasteiger partial charge on any atom is 0.337 e. The number of esters is 1. The number of methoxy groups -OCH3 is 1. The van der Waals surface area contributed by atoms with E-state index in [9.17, 15) is 9.90 Å². The molecule has 0 spiro atoms. The van der Waals surface area contributed by atoms with Crippen molar-refractivity contribution in [3.05, 3.63) is 0 Å². The fourth-order valence-corrected chi connectivity index (χ4v) is 1.63. The van der Waals surface area contributed by atoms with E-state index in [4.69, 9.17) is 0 Å². The first-order chi connectivity index (χ1) is 6.12. The van der Waals surface area contributed by atoms with E-state index in [2.05, 4.69) is 16.6 Å². The molecule has 0 unspecified atom stereocenters. The van der Waals surface area contributed by atoms with E-state index in [0.717, 1.165) is 19.6 Å². The van der Waals surface area contributed by atoms with Crippen molar-refractivity contribution < 1.29 is 14.6 Å². The van der Waals surface area contributed by atoms with Crippen LogP contribution in [0.5, 0.6) is 0 Å². The van der Waals surface area contributed by atoms with Gasteiger partial charge < -0.3 is 14.7 Å². The number of ether oxygens (including phenoxy) is 1. The smallest absolute Gasteiger partial charge is 0.337 e. The van der Waals surface area contributed by atoms with Crippen LogP contribution in [-0.2, 0) is 9.53 Å². The van der Waals surface area contributed by atoms with Gasteiger partial charge >= 0.3 is 5.97 Å². The number of rotatable bonds is 2. The Hall–Kier alpha value is -0.610. The highest BCUT2D eigenvalue weighted by atomic mass is 16.5. The van der Waals surface area contributed by atoms with Crippen molar-refractivity contribution in [2.45, 2.75) is 25.4 Å². The van der Waals surface area contributed by atoms with Crippen LogP contribution >= 0.6 is 0 Å². The third-order valence-corrected chi connectivity index (χ3v) is 2.70. The van der Waals surface area contributed by atoms with E-state index in [-0.39, 0.29) is 0 Å². The van der Waals surface area contributed by atoms with Crippen LogP contribution in [0.3, 0.4) is 0 Å². The van der Waals surface area contributed by atoms with Gasteiger partial charge in [-0.25, -0.2) is 4.79 Å². The number of hydrogen-bond acceptors (Lipinski definition) is 4. The van der Waals surface area contributed by atoms with Crippen LogP contribution in [0, 0.1) is 0 Å². The van der Waals surface area contributed by atoms with Crippen LogP contribution in [0.15, 0.2) is 0 Å². The molecule has 1 N–H and O–H groups in total. The molecule has 0 aromatic heterocycles. The van der Waals surface area contributed by atoms with Crippen molar-refractivity contribution in [2.75, 3.05) is 26.7 Å². The van der Waals surface area contributed by atoms with Crippen molar-refractivity contribution in [1.82, 2.24) is 4.90 Å². The summed E-state index contributed by atoms with van der Waals surface area (Å²) in [6, 6.07) is 0. The van der Waals surface area contributed by atoms with Crippen LogP contribution < -0.4 is 0 Å². The average molecular weight is 187 g/mol. The van der Waals surface area contributed by atoms with Crippen LogP contribution in [0.2, 0.25) is 0 Å². The zero-order valence-corrected chi connectivity index (χ0v) is 8.25. The lowest BCUT2D eigenvalue weighted by atomic mass is 9.91. The standard InChI is InChI=1S/C9H17NO3/c1-3-10-6-4-9(12,5-7-10)8(11)13-2/h12H,3-7H2,1-2H3. The lowest BCUT2D eigenvalue weighted by Gasteiger charge is -2.35. The van der Waals surface area contributed by atoms with Gasteiger partial charge in [0.2, 0.25) is 0 Å². The molecule has 76 valence electrons. The summed E-state index contributed by atoms with van der Waals surface area (Å²) in [5, 5.41) is 9.85. The average Bonchev–Trinajstić information content (AvgIpc) is 2.18. The molecule has 1 fully saturated rings. The fraction of sp³-hybridized carbons (Fsp3) is 0.889. The summed E-state index contributed by atoms with van der Waals surface area (Å²) in [4.78, 5) is 13.4. The molecule has 4 heteroatoms. The molecule has 0 aliphatic carbocycles. The quantitative estimate of drug-likeness (QED) is 0.618. The minimum Gasteiger partial charge on any atom is -0.467 e. The molecular weight excluding hydrogens is 170 g/mol. The van der Waals surface area contributed by atoms with Gasteiger partial charge in [0, 0.05) is 13.1 Å². The maximum atomic E-state index is 11.2. The molecule has 1 heterocycles. The highest BCUT2D eigenvalue weighted by Crippen LogP contribution is 2.22. The zero-order chi connectivity index (χ0) is 9.90. The number of aliphatic hydroxyl groups is 1. The van der Waals surface area contributed by atoms with Gasteiger partial charge in [-0.05, 0) is 19.4 Å². The van der Waals surface area contributed by atoms with Gasteiger partial charge in [-0.15, -0.1) is 0 Å². The Labute approximate surface area is 78.5 Å². The Bertz CT molecular complexity index is 185. The van der Waals surface area contributed by atoms with Crippen LogP contribution in [0.1, 0.15) is 19.8 Å². The molecule has 0 bridgehead atoms. The first kappa shape index (κ1) is 10.5. The minimum absolute atomic E-state index is 0.480. The normalized spacial score (nSPS) is 22.7. The van der Waals surface area contributed by atoms with Gasteiger partial charge in [0.15, 0.2) is 5.60 Å². The molecule has 0 aromatic rings. The summed E-state index contributed by atoms with van der Waals surface area (Å²) in [7, 11) is 1.31. The monoisotopic (exact) mass is 187 g/mol. The van der Waals surface area contributed by atoms with Gasteiger partial charge in [-0.3, -0.25) is 0 Å². The third kappa shape index (κ3) is 2.19. The van der Waals surface area contributed by atoms with E-state index >= 15 is 0 Å². The molecule has 0 saturated carbocycles. The lowest BCUT2D eigenvalue weighted by Crippen LogP contribution is -2.49. The number of piperidine rings is 1. The van der Waals surface area contributed by atoms with Gasteiger partial charge in [0.05, 0.1) is 7.11 Å². The number of likely N-dealkylation sites (tertiary alicyclic amines) is 1. The molecule has 4 nitrogen and oxygen atoms in total. The summed E-state index contributed by atoms with van der Waals surface area (Å²) in [6.45, 7) is 4.57. The van der Waals surface area contributed by atoms with E-state index in [0.29, 0.717) is 12.8 Å². The van der Waals surface area contributed by atoms with Crippen molar-refractivity contribution in [3.63, 3.8) is 0 Å². The Kier molecular flexibility index (Phi) is 3.27. The Balaban J connectivity index is 2.51. The van der Waals surface area contributed by atoms with Gasteiger partial charge in [-0.2, -0.15) is 0 Å². The van der Waals surface area contributed by atoms with E-state index < -0.39 is 11.6 Å². The lowest BCUT2D eigenvalue weighted by molar-refractivity contribution is -0.167. The first-order valence-corrected chi connectivity index (χ1v) is 4.65. The van der Waals surface area contributed by atoms with Crippen molar-refractivity contribution in [3.8, 4) is 0 Å². The predicted molar refractivity (Wildman–Crippen MR) is 48.3 cm³/mol. The van der Waals surface area contributed by atoms with Crippen molar-refractivity contribution >= 4 is 5.97 Å². The number of carbonyl (C=O) groups excluding carboxylic acids is 1. The molecule has 1 aliphatic heterocycles. The van der Waals surface area contributed by atoms with Crippen molar-refractivity contribution in [2.24, 2.45) is 0 Å². The van der Waals surface area contributed by atoms with E-state index in [1.54, 1.807) is 0 Å². The molecule has 1 aliphatic rings. The highest BCUT2D eigenvalue weighted by Gasteiger charge is 2.39. The summed E-state index contributed by atoms with van der Waals surface area (Å²) in [5.74, 6) is -0.497. The maximum absolute atomic E-state index is 11.2. The number of hydrogen-bond donors (Lipinski definition) is 1. The second-order valence-corrected chi connectivity index (χ2v) is 3.46. The minimum atomic E-state index is -1.24. The van der Waals surface area contributed by atoms with Gasteiger partial charge in [0.25, 0.3) is 0 Å². The molecule has 1 rings (SSSR count). The summed E-state index contributed by atoms with van der Waals surface area (Å²) in [6.07, 6.45) is 0.959. The van der Waals surface area contributed by atoms with E-state index in [1.165, 1.54) is 7.11 Å². The molecule has 13 heavy (non-hydrogen) atoms. The Morgan fingerprint density at radius 3 is 2.46 bits per heavy atom. The number of nitrogens with zero attached hydrogens (tertiary/aromatic N) is 1. The molecule has 0 atom stereocenters. The number of carbonyl (C=O) groups is 1. The topological polar surface area (TPSA) is 49.8 Å². The molecular formula is C9H17NO3. The largest absolute Gasteiger partial charge is 0.467 e. The van der Waals surface area contributed by atoms with Crippen molar-refractivity contribution in [1.29, 1.82) is 0 Å². The van der Waals surface area contributed by atoms with Crippen LogP contribution in [0.25, 0.3) is 0 Å². The molecule has 1 saturated heterocycles. The van der Waals surface area contributed by atoms with Crippen LogP contribution in [0.4, 0.5) is 0 Å². The van der Waals surface area contributed by atoms with Gasteiger partial charge in [0.1, 0.15) is 0 Å². The highest BCUT2D eigenvalue weighted by molar-refractivity contribution is 5.79. The Morgan fingerprint density at radius 1 is 1.54 bits per heavy atom. The van der Waals surface area contributed by atoms with Crippen LogP contribution in [-0.4, -0.2) is 48.3 Å². The summed E-state index contributed by atoms with van der Waals surface area (Å²) < 4.78 is 4.55. The summed E-state index contributed by atoms with van der Waals surface area (Å²) in [5.41, 5.74) is -1.24. The molecule has 0 amide bonds. The van der Waals surface area contributed by atoms with Gasteiger partial charge in [-0.1, -0.05) is 6.92 Å². The predicted octanol–water partition coefficient (Wildman–Crippen LogP) is 0.00620. The molecule has 0 radical (unpaired) electrons. The molecule has 0 aromatic carbocycles. The fourth-order valence-electron chi connectivity index (χ4n) is 1.63. The SMILES string of the molecule is CCN1CCC(O)(C(=O)OC)CC1. The Morgan fingerprint density at radius 2 is 2.08 bits per heavy atom. The zero-order valence-electron chi connectivity index (χ0n) is 8.25. The first-order valence-electron chi connectivity index (χ1n) is 4.65. The summed E-state index contributed by atoms with van der Waals surface area (Å²) >= 11 is 0.